The van der Waals surface area contributed by atoms with E-state index < -0.39 is 0 Å². The number of ether oxygens (including phenoxy) is 1. The first-order chi connectivity index (χ1) is 12.5. The molecule has 0 saturated carbocycles. The van der Waals surface area contributed by atoms with Gasteiger partial charge in [-0.1, -0.05) is 43.2 Å². The molecule has 140 valence electrons. The van der Waals surface area contributed by atoms with Crippen molar-refractivity contribution in [3.05, 3.63) is 60.1 Å². The topological polar surface area (TPSA) is 27.1 Å². The minimum Gasteiger partial charge on any atom is -0.490 e. The molecule has 2 rings (SSSR count). The van der Waals surface area contributed by atoms with Gasteiger partial charge in [-0.05, 0) is 57.7 Å². The van der Waals surface area contributed by atoms with Crippen LogP contribution in [0.4, 0.5) is 0 Å². The van der Waals surface area contributed by atoms with Crippen LogP contribution in [0.3, 0.4) is 0 Å². The maximum Gasteiger partial charge on any atom is 0.120 e. The highest BCUT2D eigenvalue weighted by molar-refractivity contribution is 5.61. The van der Waals surface area contributed by atoms with Crippen molar-refractivity contribution in [1.82, 2.24) is 9.55 Å². The summed E-state index contributed by atoms with van der Waals surface area (Å²) in [6.45, 7) is 12.5. The fourth-order valence-corrected chi connectivity index (χ4v) is 2.82. The molecule has 0 aliphatic rings. The maximum absolute atomic E-state index is 5.94. The predicted octanol–water partition coefficient (Wildman–Crippen LogP) is 6.28. The number of aromatic nitrogens is 2. The van der Waals surface area contributed by atoms with Crippen LogP contribution in [0.2, 0.25) is 0 Å². The monoisotopic (exact) mass is 352 g/mol. The molecule has 0 amide bonds. The summed E-state index contributed by atoms with van der Waals surface area (Å²) in [5, 5.41) is 0. The number of hydrogen-bond donors (Lipinski definition) is 0. The van der Waals surface area contributed by atoms with Gasteiger partial charge in [0.15, 0.2) is 0 Å². The average molecular weight is 353 g/mol. The lowest BCUT2D eigenvalue weighted by atomic mass is 10.1. The summed E-state index contributed by atoms with van der Waals surface area (Å²) < 4.78 is 8.15. The molecule has 0 N–H and O–H groups in total. The SMILES string of the molecule is CC(C)=CCC/C(C)=C/COc1cccc(-c2cncn2CC(C)C)c1. The molecule has 0 fully saturated rings. The third-order valence-electron chi connectivity index (χ3n) is 4.18. The molecule has 0 atom stereocenters. The molecule has 0 aliphatic heterocycles. The molecule has 2 aromatic rings. The first-order valence-electron chi connectivity index (χ1n) is 9.48. The number of nitrogens with zero attached hydrogens (tertiary/aromatic N) is 2. The lowest BCUT2D eigenvalue weighted by molar-refractivity contribution is 0.362. The molecule has 0 bridgehead atoms. The highest BCUT2D eigenvalue weighted by Gasteiger charge is 2.07. The van der Waals surface area contributed by atoms with E-state index in [1.54, 1.807) is 0 Å². The Hall–Kier alpha value is -2.29. The summed E-state index contributed by atoms with van der Waals surface area (Å²) in [4.78, 5) is 4.32. The summed E-state index contributed by atoms with van der Waals surface area (Å²) in [5.74, 6) is 1.48. The Morgan fingerprint density at radius 2 is 2.00 bits per heavy atom. The second kappa shape index (κ2) is 10.0. The Kier molecular flexibility index (Phi) is 7.71. The van der Waals surface area contributed by atoms with Crippen LogP contribution in [0.5, 0.6) is 5.75 Å². The highest BCUT2D eigenvalue weighted by atomic mass is 16.5. The van der Waals surface area contributed by atoms with Crippen LogP contribution in [0, 0.1) is 5.92 Å². The Labute approximate surface area is 158 Å². The molecular formula is C23H32N2O. The number of rotatable bonds is 9. The molecule has 1 aromatic carbocycles. The number of allylic oxidation sites excluding steroid dienone is 3. The summed E-state index contributed by atoms with van der Waals surface area (Å²) in [6.07, 6.45) is 10.5. The first-order valence-corrected chi connectivity index (χ1v) is 9.48. The molecule has 0 unspecified atom stereocenters. The van der Waals surface area contributed by atoms with E-state index in [9.17, 15) is 0 Å². The van der Waals surface area contributed by atoms with E-state index in [4.69, 9.17) is 4.74 Å². The van der Waals surface area contributed by atoms with Crippen LogP contribution >= 0.6 is 0 Å². The quantitative estimate of drug-likeness (QED) is 0.497. The molecule has 0 aliphatic carbocycles. The molecule has 0 spiro atoms. The van der Waals surface area contributed by atoms with Crippen molar-refractivity contribution in [2.24, 2.45) is 5.92 Å². The van der Waals surface area contributed by atoms with E-state index in [2.05, 4.69) is 68.5 Å². The van der Waals surface area contributed by atoms with Gasteiger partial charge in [0, 0.05) is 12.1 Å². The van der Waals surface area contributed by atoms with Gasteiger partial charge in [-0.2, -0.15) is 0 Å². The normalized spacial score (nSPS) is 11.7. The van der Waals surface area contributed by atoms with Gasteiger partial charge in [0.2, 0.25) is 0 Å². The van der Waals surface area contributed by atoms with Crippen LogP contribution in [-0.4, -0.2) is 16.2 Å². The van der Waals surface area contributed by atoms with Gasteiger partial charge in [-0.25, -0.2) is 4.98 Å². The number of imidazole rings is 1. The van der Waals surface area contributed by atoms with Crippen molar-refractivity contribution in [2.45, 2.75) is 54.0 Å². The average Bonchev–Trinajstić information content (AvgIpc) is 3.02. The van der Waals surface area contributed by atoms with Gasteiger partial charge in [0.1, 0.15) is 12.4 Å². The van der Waals surface area contributed by atoms with Gasteiger partial charge in [0.25, 0.3) is 0 Å². The van der Waals surface area contributed by atoms with E-state index >= 15 is 0 Å². The van der Waals surface area contributed by atoms with Crippen LogP contribution in [0.1, 0.15) is 47.5 Å². The third kappa shape index (κ3) is 6.55. The van der Waals surface area contributed by atoms with Crippen molar-refractivity contribution in [1.29, 1.82) is 0 Å². The van der Waals surface area contributed by atoms with Crippen LogP contribution < -0.4 is 4.74 Å². The zero-order valence-corrected chi connectivity index (χ0v) is 16.8. The van der Waals surface area contributed by atoms with Crippen molar-refractivity contribution in [3.8, 4) is 17.0 Å². The van der Waals surface area contributed by atoms with Crippen molar-refractivity contribution >= 4 is 0 Å². The van der Waals surface area contributed by atoms with E-state index in [0.717, 1.165) is 36.4 Å². The van der Waals surface area contributed by atoms with Crippen LogP contribution in [0.25, 0.3) is 11.3 Å². The Morgan fingerprint density at radius 1 is 1.19 bits per heavy atom. The molecule has 1 heterocycles. The van der Waals surface area contributed by atoms with E-state index in [1.165, 1.54) is 11.1 Å². The number of benzene rings is 1. The van der Waals surface area contributed by atoms with Gasteiger partial charge < -0.3 is 9.30 Å². The van der Waals surface area contributed by atoms with Crippen LogP contribution in [-0.2, 0) is 6.54 Å². The summed E-state index contributed by atoms with van der Waals surface area (Å²) >= 11 is 0. The van der Waals surface area contributed by atoms with Crippen molar-refractivity contribution < 1.29 is 4.74 Å². The molecule has 3 heteroatoms. The fraction of sp³-hybridized carbons (Fsp3) is 0.435. The molecule has 0 saturated heterocycles. The Morgan fingerprint density at radius 3 is 2.73 bits per heavy atom. The summed E-state index contributed by atoms with van der Waals surface area (Å²) in [5.41, 5.74) is 5.03. The smallest absolute Gasteiger partial charge is 0.120 e. The first kappa shape index (κ1) is 20.0. The highest BCUT2D eigenvalue weighted by Crippen LogP contribution is 2.24. The van der Waals surface area contributed by atoms with Gasteiger partial charge in [-0.15, -0.1) is 0 Å². The Bertz CT molecular complexity index is 749. The Balaban J connectivity index is 1.97. The van der Waals surface area contributed by atoms with E-state index in [-0.39, 0.29) is 0 Å². The summed E-state index contributed by atoms with van der Waals surface area (Å²) in [6, 6.07) is 8.27. The minimum absolute atomic E-state index is 0.585. The second-order valence-electron chi connectivity index (χ2n) is 7.53. The van der Waals surface area contributed by atoms with Gasteiger partial charge in [-0.3, -0.25) is 0 Å². The lowest BCUT2D eigenvalue weighted by Gasteiger charge is -2.12. The minimum atomic E-state index is 0.585. The van der Waals surface area contributed by atoms with Crippen molar-refractivity contribution in [3.63, 3.8) is 0 Å². The third-order valence-corrected chi connectivity index (χ3v) is 4.18. The largest absolute Gasteiger partial charge is 0.490 e. The maximum atomic E-state index is 5.94. The standard InChI is InChI=1S/C23H32N2O/c1-18(2)8-6-9-20(5)12-13-26-22-11-7-10-21(14-22)23-15-24-17-25(23)16-19(3)4/h7-8,10-12,14-15,17,19H,6,9,13,16H2,1-5H3/b20-12+. The number of hydrogen-bond acceptors (Lipinski definition) is 2. The zero-order valence-electron chi connectivity index (χ0n) is 16.8. The molecular weight excluding hydrogens is 320 g/mol. The van der Waals surface area contributed by atoms with E-state index in [0.29, 0.717) is 12.5 Å². The van der Waals surface area contributed by atoms with Crippen molar-refractivity contribution in [2.75, 3.05) is 6.61 Å². The fourth-order valence-electron chi connectivity index (χ4n) is 2.82. The molecule has 1 aromatic heterocycles. The van der Waals surface area contributed by atoms with E-state index in [1.807, 2.05) is 24.7 Å². The predicted molar refractivity (Wildman–Crippen MR) is 110 cm³/mol. The second-order valence-corrected chi connectivity index (χ2v) is 7.53. The molecule has 26 heavy (non-hydrogen) atoms. The van der Waals surface area contributed by atoms with Gasteiger partial charge in [0.05, 0.1) is 18.2 Å². The summed E-state index contributed by atoms with van der Waals surface area (Å²) in [7, 11) is 0. The van der Waals surface area contributed by atoms with Crippen LogP contribution in [0.15, 0.2) is 60.1 Å². The lowest BCUT2D eigenvalue weighted by Crippen LogP contribution is -2.04. The zero-order chi connectivity index (χ0) is 18.9. The molecule has 3 nitrogen and oxygen atoms in total. The van der Waals surface area contributed by atoms with Gasteiger partial charge >= 0.3 is 0 Å². The molecule has 0 radical (unpaired) electrons.